The van der Waals surface area contributed by atoms with Crippen LogP contribution in [0.4, 0.5) is 9.52 Å². The van der Waals surface area contributed by atoms with Crippen molar-refractivity contribution in [3.8, 4) is 6.07 Å². The third kappa shape index (κ3) is 4.24. The summed E-state index contributed by atoms with van der Waals surface area (Å²) < 4.78 is 13.8. The Balaban J connectivity index is 1.53. The number of anilines is 1. The topological polar surface area (TPSA) is 78.7 Å². The minimum Gasteiger partial charge on any atom is -0.297 e. The zero-order chi connectivity index (χ0) is 20.9. The van der Waals surface area contributed by atoms with Gasteiger partial charge in [0.25, 0.3) is 5.91 Å². The van der Waals surface area contributed by atoms with E-state index in [9.17, 15) is 14.4 Å². The second-order valence-electron chi connectivity index (χ2n) is 6.44. The molecule has 4 aromatic rings. The van der Waals surface area contributed by atoms with Gasteiger partial charge in [-0.3, -0.25) is 15.1 Å². The van der Waals surface area contributed by atoms with Crippen LogP contribution in [0.15, 0.2) is 72.6 Å². The number of nitrogens with one attached hydrogen (secondary N) is 1. The van der Waals surface area contributed by atoms with Crippen molar-refractivity contribution in [2.45, 2.75) is 6.42 Å². The predicted octanol–water partition coefficient (Wildman–Crippen LogP) is 4.97. The van der Waals surface area contributed by atoms with Gasteiger partial charge >= 0.3 is 0 Å². The lowest BCUT2D eigenvalue weighted by Crippen LogP contribution is -2.13. The Bertz CT molecular complexity index is 1300. The van der Waals surface area contributed by atoms with Gasteiger partial charge in [-0.15, -0.1) is 11.3 Å². The van der Waals surface area contributed by atoms with Gasteiger partial charge in [-0.1, -0.05) is 36.4 Å². The fourth-order valence-corrected chi connectivity index (χ4v) is 3.82. The lowest BCUT2D eigenvalue weighted by Gasteiger charge is -2.03. The Kier molecular flexibility index (Phi) is 5.59. The van der Waals surface area contributed by atoms with Gasteiger partial charge in [0.05, 0.1) is 5.52 Å². The molecule has 0 aliphatic rings. The van der Waals surface area contributed by atoms with Crippen LogP contribution in [0.1, 0.15) is 16.0 Å². The molecule has 1 amide bonds. The second kappa shape index (κ2) is 8.64. The fraction of sp³-hybridized carbons (Fsp3) is 0.0435. The maximum Gasteiger partial charge on any atom is 0.268 e. The lowest BCUT2D eigenvalue weighted by atomic mass is 10.1. The number of benzene rings is 2. The van der Waals surface area contributed by atoms with Crippen LogP contribution < -0.4 is 5.32 Å². The molecular weight excluding hydrogens is 399 g/mol. The molecule has 2 heterocycles. The average molecular weight is 414 g/mol. The quantitative estimate of drug-likeness (QED) is 0.370. The zero-order valence-electron chi connectivity index (χ0n) is 15.7. The van der Waals surface area contributed by atoms with Crippen molar-refractivity contribution in [3.63, 3.8) is 0 Å². The molecule has 1 N–H and O–H groups in total. The van der Waals surface area contributed by atoms with Crippen LogP contribution in [0.5, 0.6) is 0 Å². The van der Waals surface area contributed by atoms with E-state index in [-0.39, 0.29) is 11.4 Å². The van der Waals surface area contributed by atoms with Gasteiger partial charge in [0.2, 0.25) is 0 Å². The van der Waals surface area contributed by atoms with Crippen molar-refractivity contribution in [3.05, 3.63) is 94.4 Å². The number of carbonyl (C=O) groups excluding carboxylic acids is 1. The molecule has 0 spiro atoms. The Morgan fingerprint density at radius 1 is 1.13 bits per heavy atom. The summed E-state index contributed by atoms with van der Waals surface area (Å²) in [6.45, 7) is 0. The van der Waals surface area contributed by atoms with E-state index in [1.807, 2.05) is 30.3 Å². The van der Waals surface area contributed by atoms with Gasteiger partial charge in [0.15, 0.2) is 5.13 Å². The first kappa shape index (κ1) is 19.4. The van der Waals surface area contributed by atoms with Crippen LogP contribution in [-0.2, 0) is 11.2 Å². The Labute approximate surface area is 176 Å². The molecule has 0 saturated heterocycles. The zero-order valence-corrected chi connectivity index (χ0v) is 16.5. The first-order valence-electron chi connectivity index (χ1n) is 9.09. The van der Waals surface area contributed by atoms with E-state index >= 15 is 0 Å². The number of amides is 1. The number of fused-ring (bicyclic) bond motifs is 1. The summed E-state index contributed by atoms with van der Waals surface area (Å²) in [5.74, 6) is -0.832. The largest absolute Gasteiger partial charge is 0.297 e. The van der Waals surface area contributed by atoms with Gasteiger partial charge in [-0.2, -0.15) is 5.26 Å². The first-order valence-corrected chi connectivity index (χ1v) is 9.90. The van der Waals surface area contributed by atoms with Crippen molar-refractivity contribution in [2.24, 2.45) is 0 Å². The molecule has 5 nitrogen and oxygen atoms in total. The number of aromatic nitrogens is 2. The maximum atomic E-state index is 13.8. The normalized spacial score (nSPS) is 11.3. The molecule has 0 bridgehead atoms. The van der Waals surface area contributed by atoms with Crippen LogP contribution in [-0.4, -0.2) is 15.9 Å². The Morgan fingerprint density at radius 2 is 1.93 bits per heavy atom. The van der Waals surface area contributed by atoms with E-state index in [1.54, 1.807) is 36.7 Å². The number of hydrogen-bond acceptors (Lipinski definition) is 5. The molecule has 0 atom stereocenters. The van der Waals surface area contributed by atoms with Crippen molar-refractivity contribution < 1.29 is 9.18 Å². The highest BCUT2D eigenvalue weighted by atomic mass is 32.1. The number of pyridine rings is 1. The van der Waals surface area contributed by atoms with Crippen molar-refractivity contribution in [2.75, 3.05) is 5.32 Å². The van der Waals surface area contributed by atoms with Gasteiger partial charge in [-0.05, 0) is 35.4 Å². The van der Waals surface area contributed by atoms with Crippen LogP contribution in [0.25, 0.3) is 17.0 Å². The van der Waals surface area contributed by atoms with E-state index in [0.717, 1.165) is 21.3 Å². The monoisotopic (exact) mass is 414 g/mol. The number of para-hydroxylation sites is 1. The SMILES string of the molecule is N#CC(=Cc1ccnc2ccccc12)C(=O)Nc1ncc(Cc2ccccc2F)s1. The summed E-state index contributed by atoms with van der Waals surface area (Å²) in [4.78, 5) is 21.9. The third-order valence-electron chi connectivity index (χ3n) is 4.44. The molecule has 0 unspecified atom stereocenters. The smallest absolute Gasteiger partial charge is 0.268 e. The minimum absolute atomic E-state index is 0.0443. The summed E-state index contributed by atoms with van der Waals surface area (Å²) in [6.07, 6.45) is 5.15. The number of hydrogen-bond donors (Lipinski definition) is 1. The van der Waals surface area contributed by atoms with Crippen LogP contribution in [0, 0.1) is 17.1 Å². The van der Waals surface area contributed by atoms with Gasteiger partial charge in [-0.25, -0.2) is 9.37 Å². The van der Waals surface area contributed by atoms with E-state index in [0.29, 0.717) is 17.1 Å². The number of nitriles is 1. The fourth-order valence-electron chi connectivity index (χ4n) is 2.99. The molecule has 0 aliphatic carbocycles. The number of carbonyl (C=O) groups is 1. The van der Waals surface area contributed by atoms with Gasteiger partial charge in [0, 0.05) is 29.1 Å². The molecular formula is C23H15FN4OS. The molecule has 0 fully saturated rings. The summed E-state index contributed by atoms with van der Waals surface area (Å²) in [7, 11) is 0. The van der Waals surface area contributed by atoms with Crippen LogP contribution in [0.2, 0.25) is 0 Å². The second-order valence-corrected chi connectivity index (χ2v) is 7.56. The highest BCUT2D eigenvalue weighted by molar-refractivity contribution is 7.15. The molecule has 0 aliphatic heterocycles. The number of halogens is 1. The lowest BCUT2D eigenvalue weighted by molar-refractivity contribution is -0.112. The highest BCUT2D eigenvalue weighted by Gasteiger charge is 2.13. The van der Waals surface area contributed by atoms with E-state index in [4.69, 9.17) is 0 Å². The van der Waals surface area contributed by atoms with Crippen molar-refractivity contribution in [1.82, 2.24) is 9.97 Å². The maximum absolute atomic E-state index is 13.8. The number of nitrogens with zero attached hydrogens (tertiary/aromatic N) is 3. The summed E-state index contributed by atoms with van der Waals surface area (Å²) in [5, 5.41) is 13.3. The van der Waals surface area contributed by atoms with Crippen LogP contribution >= 0.6 is 11.3 Å². The molecule has 146 valence electrons. The molecule has 2 aromatic heterocycles. The summed E-state index contributed by atoms with van der Waals surface area (Å²) in [5.41, 5.74) is 2.02. The Morgan fingerprint density at radius 3 is 2.77 bits per heavy atom. The van der Waals surface area contributed by atoms with Crippen molar-refractivity contribution in [1.29, 1.82) is 5.26 Å². The van der Waals surface area contributed by atoms with E-state index in [1.165, 1.54) is 23.5 Å². The van der Waals surface area contributed by atoms with Crippen LogP contribution in [0.3, 0.4) is 0 Å². The minimum atomic E-state index is -0.551. The summed E-state index contributed by atoms with van der Waals surface area (Å²) >= 11 is 1.25. The molecule has 4 rings (SSSR count). The van der Waals surface area contributed by atoms with Gasteiger partial charge in [0.1, 0.15) is 17.5 Å². The number of thiazole rings is 1. The van der Waals surface area contributed by atoms with E-state index < -0.39 is 5.91 Å². The third-order valence-corrected chi connectivity index (χ3v) is 5.36. The molecule has 30 heavy (non-hydrogen) atoms. The molecule has 0 radical (unpaired) electrons. The summed E-state index contributed by atoms with van der Waals surface area (Å²) in [6, 6.07) is 17.7. The number of rotatable bonds is 5. The molecule has 7 heteroatoms. The highest BCUT2D eigenvalue weighted by Crippen LogP contribution is 2.24. The average Bonchev–Trinajstić information content (AvgIpc) is 3.20. The first-order chi connectivity index (χ1) is 14.6. The molecule has 2 aromatic carbocycles. The van der Waals surface area contributed by atoms with Crippen molar-refractivity contribution >= 4 is 39.4 Å². The Hall–Kier alpha value is -3.89. The standard InChI is InChI=1S/C23H15FN4OS/c24-20-7-3-1-5-16(20)12-18-14-27-23(30-18)28-22(29)17(13-25)11-15-9-10-26-21-8-4-2-6-19(15)21/h1-11,14H,12H2,(H,27,28,29). The predicted molar refractivity (Wildman–Crippen MR) is 115 cm³/mol. The van der Waals surface area contributed by atoms with Gasteiger partial charge < -0.3 is 0 Å². The molecule has 0 saturated carbocycles. The van der Waals surface area contributed by atoms with E-state index in [2.05, 4.69) is 15.3 Å².